The SMILES string of the molecule is C=C(SC(N)=NC)C(CC)CC. The molecule has 0 aromatic rings. The summed E-state index contributed by atoms with van der Waals surface area (Å²) in [5.74, 6) is 0.565. The highest BCUT2D eigenvalue weighted by Crippen LogP contribution is 2.27. The molecule has 0 saturated carbocycles. The summed E-state index contributed by atoms with van der Waals surface area (Å²) < 4.78 is 0. The van der Waals surface area contributed by atoms with E-state index in [1.54, 1.807) is 7.05 Å². The Balaban J connectivity index is 4.01. The Bertz CT molecular complexity index is 171. The van der Waals surface area contributed by atoms with Crippen molar-refractivity contribution in [1.29, 1.82) is 0 Å². The van der Waals surface area contributed by atoms with E-state index < -0.39 is 0 Å². The average Bonchev–Trinajstić information content (AvgIpc) is 2.06. The molecule has 2 N–H and O–H groups in total. The number of rotatable bonds is 4. The Morgan fingerprint density at radius 3 is 2.33 bits per heavy atom. The summed E-state index contributed by atoms with van der Waals surface area (Å²) in [7, 11) is 1.70. The van der Waals surface area contributed by atoms with E-state index in [1.807, 2.05) is 0 Å². The van der Waals surface area contributed by atoms with Crippen LogP contribution in [0.5, 0.6) is 0 Å². The molecular weight excluding hydrogens is 168 g/mol. The number of aliphatic imine (C=N–C) groups is 1. The van der Waals surface area contributed by atoms with Gasteiger partial charge in [-0.25, -0.2) is 0 Å². The van der Waals surface area contributed by atoms with Gasteiger partial charge in [-0.3, -0.25) is 4.99 Å². The maximum atomic E-state index is 5.57. The van der Waals surface area contributed by atoms with Gasteiger partial charge in [0.1, 0.15) is 0 Å². The summed E-state index contributed by atoms with van der Waals surface area (Å²) in [6.45, 7) is 8.32. The standard InChI is InChI=1S/C9H18N2S/c1-5-8(6-2)7(3)12-9(10)11-4/h8H,3,5-6H2,1-2,4H3,(H2,10,11). The van der Waals surface area contributed by atoms with E-state index in [4.69, 9.17) is 5.73 Å². The van der Waals surface area contributed by atoms with Gasteiger partial charge in [-0.15, -0.1) is 0 Å². The molecule has 0 unspecified atom stereocenters. The molecule has 3 heteroatoms. The number of hydrogen-bond donors (Lipinski definition) is 1. The molecule has 0 aliphatic carbocycles. The molecule has 0 radical (unpaired) electrons. The van der Waals surface area contributed by atoms with Crippen LogP contribution in [0, 0.1) is 5.92 Å². The van der Waals surface area contributed by atoms with E-state index in [2.05, 4.69) is 25.4 Å². The van der Waals surface area contributed by atoms with E-state index >= 15 is 0 Å². The Kier molecular flexibility index (Phi) is 5.89. The fourth-order valence-corrected chi connectivity index (χ4v) is 1.87. The lowest BCUT2D eigenvalue weighted by molar-refractivity contribution is 0.599. The fourth-order valence-electron chi connectivity index (χ4n) is 1.01. The zero-order valence-corrected chi connectivity index (χ0v) is 8.95. The van der Waals surface area contributed by atoms with Crippen LogP contribution in [-0.4, -0.2) is 12.2 Å². The summed E-state index contributed by atoms with van der Waals surface area (Å²) in [6, 6.07) is 0. The molecule has 0 spiro atoms. The van der Waals surface area contributed by atoms with Crippen LogP contribution in [0.1, 0.15) is 26.7 Å². The van der Waals surface area contributed by atoms with Gasteiger partial charge in [0.25, 0.3) is 0 Å². The highest BCUT2D eigenvalue weighted by Gasteiger charge is 2.09. The predicted molar refractivity (Wildman–Crippen MR) is 58.3 cm³/mol. The normalized spacial score (nSPS) is 12.2. The fraction of sp³-hybridized carbons (Fsp3) is 0.667. The monoisotopic (exact) mass is 186 g/mol. The molecule has 0 atom stereocenters. The van der Waals surface area contributed by atoms with E-state index in [0.29, 0.717) is 11.1 Å². The van der Waals surface area contributed by atoms with Crippen LogP contribution >= 0.6 is 11.8 Å². The summed E-state index contributed by atoms with van der Waals surface area (Å²) >= 11 is 1.49. The first kappa shape index (κ1) is 11.6. The van der Waals surface area contributed by atoms with Crippen molar-refractivity contribution < 1.29 is 0 Å². The molecule has 12 heavy (non-hydrogen) atoms. The highest BCUT2D eigenvalue weighted by atomic mass is 32.2. The van der Waals surface area contributed by atoms with Crippen LogP contribution < -0.4 is 5.73 Å². The molecule has 0 heterocycles. The minimum atomic E-state index is 0.565. The predicted octanol–water partition coefficient (Wildman–Crippen LogP) is 2.61. The van der Waals surface area contributed by atoms with Crippen LogP contribution in [0.3, 0.4) is 0 Å². The quantitative estimate of drug-likeness (QED) is 0.541. The number of nitrogens with zero attached hydrogens (tertiary/aromatic N) is 1. The van der Waals surface area contributed by atoms with Crippen LogP contribution in [0.15, 0.2) is 16.5 Å². The molecule has 0 amide bonds. The molecule has 0 saturated heterocycles. The largest absolute Gasteiger partial charge is 0.378 e. The zero-order chi connectivity index (χ0) is 9.56. The smallest absolute Gasteiger partial charge is 0.158 e. The second-order valence-corrected chi connectivity index (χ2v) is 3.79. The van der Waals surface area contributed by atoms with Crippen LogP contribution in [-0.2, 0) is 0 Å². The van der Waals surface area contributed by atoms with Gasteiger partial charge < -0.3 is 5.73 Å². The maximum Gasteiger partial charge on any atom is 0.158 e. The molecule has 0 bridgehead atoms. The summed E-state index contributed by atoms with van der Waals surface area (Å²) in [6.07, 6.45) is 2.25. The average molecular weight is 186 g/mol. The van der Waals surface area contributed by atoms with Crippen LogP contribution in [0.4, 0.5) is 0 Å². The first-order valence-corrected chi connectivity index (χ1v) is 5.06. The van der Waals surface area contributed by atoms with E-state index in [0.717, 1.165) is 17.7 Å². The molecule has 0 aliphatic heterocycles. The van der Waals surface area contributed by atoms with Crippen molar-refractivity contribution >= 4 is 16.9 Å². The number of amidine groups is 1. The summed E-state index contributed by atoms with van der Waals surface area (Å²) in [5, 5.41) is 0.604. The number of allylic oxidation sites excluding steroid dienone is 1. The van der Waals surface area contributed by atoms with Crippen molar-refractivity contribution in [2.45, 2.75) is 26.7 Å². The molecule has 0 rings (SSSR count). The van der Waals surface area contributed by atoms with Crippen LogP contribution in [0.2, 0.25) is 0 Å². The Labute approximate surface area is 79.3 Å². The first-order chi connectivity index (χ1) is 5.65. The van der Waals surface area contributed by atoms with Gasteiger partial charge in [-0.1, -0.05) is 32.2 Å². The summed E-state index contributed by atoms with van der Waals surface area (Å²) in [5.41, 5.74) is 5.57. The van der Waals surface area contributed by atoms with Gasteiger partial charge in [0.15, 0.2) is 5.17 Å². The van der Waals surface area contributed by atoms with Gasteiger partial charge >= 0.3 is 0 Å². The molecule has 0 aromatic heterocycles. The van der Waals surface area contributed by atoms with Gasteiger partial charge in [0.05, 0.1) is 0 Å². The minimum Gasteiger partial charge on any atom is -0.378 e. The number of nitrogens with two attached hydrogens (primary N) is 1. The lowest BCUT2D eigenvalue weighted by Gasteiger charge is -2.13. The third-order valence-electron chi connectivity index (χ3n) is 1.90. The van der Waals surface area contributed by atoms with Crippen molar-refractivity contribution in [2.75, 3.05) is 7.05 Å². The van der Waals surface area contributed by atoms with E-state index in [-0.39, 0.29) is 0 Å². The van der Waals surface area contributed by atoms with Crippen molar-refractivity contribution in [3.63, 3.8) is 0 Å². The van der Waals surface area contributed by atoms with Gasteiger partial charge in [-0.05, 0) is 23.7 Å². The van der Waals surface area contributed by atoms with E-state index in [9.17, 15) is 0 Å². The molecule has 2 nitrogen and oxygen atoms in total. The highest BCUT2D eigenvalue weighted by molar-refractivity contribution is 8.17. The Morgan fingerprint density at radius 1 is 1.50 bits per heavy atom. The second kappa shape index (κ2) is 6.12. The first-order valence-electron chi connectivity index (χ1n) is 4.24. The molecule has 0 aliphatic rings. The molecular formula is C9H18N2S. The lowest BCUT2D eigenvalue weighted by Crippen LogP contribution is -2.09. The molecule has 0 fully saturated rings. The Hall–Kier alpha value is -0.440. The van der Waals surface area contributed by atoms with Crippen molar-refractivity contribution in [2.24, 2.45) is 16.6 Å². The van der Waals surface area contributed by atoms with Crippen molar-refractivity contribution in [3.8, 4) is 0 Å². The van der Waals surface area contributed by atoms with Crippen LogP contribution in [0.25, 0.3) is 0 Å². The lowest BCUT2D eigenvalue weighted by atomic mass is 10.0. The minimum absolute atomic E-state index is 0.565. The van der Waals surface area contributed by atoms with Crippen molar-refractivity contribution in [1.82, 2.24) is 0 Å². The topological polar surface area (TPSA) is 38.4 Å². The Morgan fingerprint density at radius 2 is 2.00 bits per heavy atom. The zero-order valence-electron chi connectivity index (χ0n) is 8.13. The third-order valence-corrected chi connectivity index (χ3v) is 2.88. The molecule has 70 valence electrons. The van der Waals surface area contributed by atoms with E-state index in [1.165, 1.54) is 11.8 Å². The third kappa shape index (κ3) is 3.81. The number of thioether (sulfide) groups is 1. The van der Waals surface area contributed by atoms with Crippen molar-refractivity contribution in [3.05, 3.63) is 11.5 Å². The van der Waals surface area contributed by atoms with Gasteiger partial charge in [0, 0.05) is 7.05 Å². The summed E-state index contributed by atoms with van der Waals surface area (Å²) in [4.78, 5) is 5.00. The van der Waals surface area contributed by atoms with Gasteiger partial charge in [0.2, 0.25) is 0 Å². The second-order valence-electron chi connectivity index (χ2n) is 2.64. The van der Waals surface area contributed by atoms with Gasteiger partial charge in [-0.2, -0.15) is 0 Å². The molecule has 0 aromatic carbocycles. The number of hydrogen-bond acceptors (Lipinski definition) is 2. The maximum absolute atomic E-state index is 5.57.